The first-order chi connectivity index (χ1) is 14.3. The molecule has 1 heterocycles. The lowest BCUT2D eigenvalue weighted by atomic mass is 9.87. The number of hydrogen-bond acceptors (Lipinski definition) is 3. The lowest BCUT2D eigenvalue weighted by Crippen LogP contribution is -2.48. The number of rotatable bonds is 1. The zero-order valence-corrected chi connectivity index (χ0v) is 17.9. The molecule has 2 N–H and O–H groups in total. The van der Waals surface area contributed by atoms with Gasteiger partial charge in [0.1, 0.15) is 0 Å². The molecule has 152 valence electrons. The van der Waals surface area contributed by atoms with Crippen molar-refractivity contribution in [2.24, 2.45) is 0 Å². The molecule has 0 bridgehead atoms. The van der Waals surface area contributed by atoms with Gasteiger partial charge in [-0.3, -0.25) is 15.1 Å². The highest BCUT2D eigenvalue weighted by atomic mass is 32.2. The largest absolute Gasteiger partial charge is 0.345 e. The van der Waals surface area contributed by atoms with Crippen molar-refractivity contribution in [3.63, 3.8) is 0 Å². The quantitative estimate of drug-likeness (QED) is 0.504. The van der Waals surface area contributed by atoms with Gasteiger partial charge in [-0.1, -0.05) is 68.9 Å². The lowest BCUT2D eigenvalue weighted by Gasteiger charge is -2.30. The summed E-state index contributed by atoms with van der Waals surface area (Å²) in [6.07, 6.45) is 0. The van der Waals surface area contributed by atoms with Crippen LogP contribution in [0.5, 0.6) is 0 Å². The summed E-state index contributed by atoms with van der Waals surface area (Å²) in [5.41, 5.74) is 8.28. The van der Waals surface area contributed by atoms with Crippen LogP contribution in [0.2, 0.25) is 0 Å². The van der Waals surface area contributed by atoms with E-state index in [1.165, 1.54) is 0 Å². The van der Waals surface area contributed by atoms with E-state index in [1.54, 1.807) is 28.8 Å². The van der Waals surface area contributed by atoms with Gasteiger partial charge in [0.05, 0.1) is 11.4 Å². The minimum absolute atomic E-state index is 0.0102. The molecule has 0 aromatic heterocycles. The summed E-state index contributed by atoms with van der Waals surface area (Å²) in [6, 6.07) is 22.4. The Balaban J connectivity index is 1.51. The van der Waals surface area contributed by atoms with Crippen LogP contribution < -0.4 is 15.8 Å². The van der Waals surface area contributed by atoms with Crippen molar-refractivity contribution in [1.29, 1.82) is 0 Å². The summed E-state index contributed by atoms with van der Waals surface area (Å²) >= 11 is 1.62. The number of benzene rings is 3. The molecule has 6 heteroatoms. The molecule has 5 nitrogen and oxygen atoms in total. The van der Waals surface area contributed by atoms with Crippen molar-refractivity contribution in [3.05, 3.63) is 83.9 Å². The standard InChI is InChI=1S/C24H23N3O2S/c1-24(2,3)17-14-12-16(13-15-17)22(28)25-26-23(29)27-18-8-4-6-10-20(18)30-21-11-7-5-9-19(21)27/h4-15H,1-3H3,(H,25,28)(H,26,29). The monoisotopic (exact) mass is 417 g/mol. The van der Waals surface area contributed by atoms with Gasteiger partial charge < -0.3 is 0 Å². The molecule has 0 atom stereocenters. The molecular weight excluding hydrogens is 394 g/mol. The maximum atomic E-state index is 13.0. The van der Waals surface area contributed by atoms with E-state index in [9.17, 15) is 9.59 Å². The van der Waals surface area contributed by atoms with E-state index >= 15 is 0 Å². The second-order valence-electron chi connectivity index (χ2n) is 8.08. The lowest BCUT2D eigenvalue weighted by molar-refractivity contribution is 0.0937. The van der Waals surface area contributed by atoms with Gasteiger partial charge in [0, 0.05) is 15.4 Å². The van der Waals surface area contributed by atoms with Crippen LogP contribution in [0.25, 0.3) is 0 Å². The van der Waals surface area contributed by atoms with Crippen LogP contribution in [-0.2, 0) is 5.41 Å². The molecule has 30 heavy (non-hydrogen) atoms. The van der Waals surface area contributed by atoms with Gasteiger partial charge in [0.25, 0.3) is 5.91 Å². The summed E-state index contributed by atoms with van der Waals surface area (Å²) in [4.78, 5) is 29.1. The second kappa shape index (κ2) is 7.88. The molecule has 1 aliphatic heterocycles. The van der Waals surface area contributed by atoms with Crippen molar-refractivity contribution >= 4 is 35.1 Å². The zero-order chi connectivity index (χ0) is 21.3. The van der Waals surface area contributed by atoms with E-state index in [1.807, 2.05) is 60.7 Å². The Bertz CT molecular complexity index is 1060. The molecule has 0 unspecified atom stereocenters. The van der Waals surface area contributed by atoms with Crippen LogP contribution >= 0.6 is 11.8 Å². The SMILES string of the molecule is CC(C)(C)c1ccc(C(=O)NNC(=O)N2c3ccccc3Sc3ccccc32)cc1. The Morgan fingerprint density at radius 1 is 0.767 bits per heavy atom. The molecule has 3 amide bonds. The Morgan fingerprint density at radius 2 is 1.30 bits per heavy atom. The van der Waals surface area contributed by atoms with E-state index in [2.05, 4.69) is 31.6 Å². The highest BCUT2D eigenvalue weighted by molar-refractivity contribution is 7.99. The molecular formula is C24H23N3O2S. The second-order valence-corrected chi connectivity index (χ2v) is 9.17. The number of nitrogens with one attached hydrogen (secondary N) is 2. The third-order valence-corrected chi connectivity index (χ3v) is 6.06. The number of amides is 3. The Kier molecular flexibility index (Phi) is 5.26. The van der Waals surface area contributed by atoms with E-state index in [4.69, 9.17) is 0 Å². The van der Waals surface area contributed by atoms with Crippen molar-refractivity contribution in [2.75, 3.05) is 4.90 Å². The number of hydrazine groups is 1. The molecule has 0 radical (unpaired) electrons. The smallest absolute Gasteiger partial charge is 0.267 e. The number of urea groups is 1. The number of nitrogens with zero attached hydrogens (tertiary/aromatic N) is 1. The summed E-state index contributed by atoms with van der Waals surface area (Å²) in [7, 11) is 0. The van der Waals surface area contributed by atoms with Crippen molar-refractivity contribution in [3.8, 4) is 0 Å². The van der Waals surface area contributed by atoms with Crippen LogP contribution in [-0.4, -0.2) is 11.9 Å². The van der Waals surface area contributed by atoms with Crippen LogP contribution in [0, 0.1) is 0 Å². The normalized spacial score (nSPS) is 12.6. The molecule has 0 aliphatic carbocycles. The molecule has 1 aliphatic rings. The van der Waals surface area contributed by atoms with Gasteiger partial charge >= 0.3 is 6.03 Å². The van der Waals surface area contributed by atoms with E-state index in [0.29, 0.717) is 5.56 Å². The molecule has 0 saturated heterocycles. The highest BCUT2D eigenvalue weighted by Gasteiger charge is 2.28. The van der Waals surface area contributed by atoms with E-state index < -0.39 is 6.03 Å². The number of hydrogen-bond donors (Lipinski definition) is 2. The number of carbonyl (C=O) groups excluding carboxylic acids is 2. The fraction of sp³-hybridized carbons (Fsp3) is 0.167. The maximum Gasteiger partial charge on any atom is 0.345 e. The molecule has 3 aromatic carbocycles. The zero-order valence-electron chi connectivity index (χ0n) is 17.1. The van der Waals surface area contributed by atoms with Crippen molar-refractivity contribution < 1.29 is 9.59 Å². The van der Waals surface area contributed by atoms with Gasteiger partial charge in [0.2, 0.25) is 0 Å². The van der Waals surface area contributed by atoms with Gasteiger partial charge in [-0.2, -0.15) is 0 Å². The van der Waals surface area contributed by atoms with Gasteiger partial charge in [-0.05, 0) is 47.4 Å². The van der Waals surface area contributed by atoms with Gasteiger partial charge in [-0.15, -0.1) is 0 Å². The summed E-state index contributed by atoms with van der Waals surface area (Å²) < 4.78 is 0. The number of fused-ring (bicyclic) bond motifs is 2. The fourth-order valence-electron chi connectivity index (χ4n) is 3.28. The Hall–Kier alpha value is -3.25. The third-order valence-electron chi connectivity index (χ3n) is 4.93. The maximum absolute atomic E-state index is 13.0. The first kappa shape index (κ1) is 20.0. The highest BCUT2D eigenvalue weighted by Crippen LogP contribution is 2.47. The average Bonchev–Trinajstić information content (AvgIpc) is 2.75. The summed E-state index contributed by atoms with van der Waals surface area (Å²) in [5, 5.41) is 0. The first-order valence-electron chi connectivity index (χ1n) is 9.71. The minimum atomic E-state index is -0.421. The first-order valence-corrected chi connectivity index (χ1v) is 10.5. The molecule has 0 fully saturated rings. The fourth-order valence-corrected chi connectivity index (χ4v) is 4.34. The number of carbonyl (C=O) groups is 2. The third kappa shape index (κ3) is 3.91. The average molecular weight is 418 g/mol. The minimum Gasteiger partial charge on any atom is -0.267 e. The topological polar surface area (TPSA) is 61.4 Å². The predicted octanol–water partition coefficient (Wildman–Crippen LogP) is 5.64. The van der Waals surface area contributed by atoms with Crippen LogP contribution in [0.4, 0.5) is 16.2 Å². The summed E-state index contributed by atoms with van der Waals surface area (Å²) in [5.74, 6) is -0.364. The number of anilines is 2. The van der Waals surface area contributed by atoms with Crippen molar-refractivity contribution in [2.45, 2.75) is 36.0 Å². The van der Waals surface area contributed by atoms with Crippen LogP contribution in [0.1, 0.15) is 36.7 Å². The molecule has 3 aromatic rings. The van der Waals surface area contributed by atoms with Crippen LogP contribution in [0.15, 0.2) is 82.6 Å². The van der Waals surface area contributed by atoms with Gasteiger partial charge in [0.15, 0.2) is 0 Å². The van der Waals surface area contributed by atoms with Crippen LogP contribution in [0.3, 0.4) is 0 Å². The molecule has 0 saturated carbocycles. The number of para-hydroxylation sites is 2. The Labute approximate surface area is 180 Å². The van der Waals surface area contributed by atoms with Gasteiger partial charge in [-0.25, -0.2) is 10.2 Å². The van der Waals surface area contributed by atoms with E-state index in [-0.39, 0.29) is 11.3 Å². The van der Waals surface area contributed by atoms with E-state index in [0.717, 1.165) is 26.7 Å². The molecule has 0 spiro atoms. The predicted molar refractivity (Wildman–Crippen MR) is 120 cm³/mol. The summed E-state index contributed by atoms with van der Waals surface area (Å²) in [6.45, 7) is 6.36. The Morgan fingerprint density at radius 3 is 1.83 bits per heavy atom. The molecule has 4 rings (SSSR count). The van der Waals surface area contributed by atoms with Crippen molar-refractivity contribution in [1.82, 2.24) is 10.9 Å².